The molecule has 3 aliphatic heterocycles. The van der Waals surface area contributed by atoms with E-state index in [-0.39, 0.29) is 11.9 Å². The van der Waals surface area contributed by atoms with Gasteiger partial charge in [-0.1, -0.05) is 0 Å². The molecule has 25 heavy (non-hydrogen) atoms. The lowest BCUT2D eigenvalue weighted by Crippen LogP contribution is -2.57. The number of piperidine rings is 3. The number of carbonyl (C=O) groups excluding carboxylic acids is 2. The van der Waals surface area contributed by atoms with Crippen molar-refractivity contribution in [3.63, 3.8) is 0 Å². The van der Waals surface area contributed by atoms with Crippen molar-refractivity contribution in [1.29, 1.82) is 0 Å². The monoisotopic (exact) mass is 338 g/mol. The fraction of sp³-hybridized carbons (Fsp3) is 0.389. The third-order valence-corrected chi connectivity index (χ3v) is 4.92. The van der Waals surface area contributed by atoms with Gasteiger partial charge in [-0.3, -0.25) is 14.6 Å². The molecule has 2 aromatic heterocycles. The van der Waals surface area contributed by atoms with E-state index in [1.165, 1.54) is 0 Å². The highest BCUT2D eigenvalue weighted by Crippen LogP contribution is 2.27. The van der Waals surface area contributed by atoms with Gasteiger partial charge in [0, 0.05) is 42.2 Å². The van der Waals surface area contributed by atoms with Crippen molar-refractivity contribution in [3.05, 3.63) is 29.8 Å². The average Bonchev–Trinajstić information content (AvgIpc) is 3.03. The zero-order chi connectivity index (χ0) is 17.4. The van der Waals surface area contributed by atoms with Crippen LogP contribution in [-0.2, 0) is 4.79 Å². The van der Waals surface area contributed by atoms with Gasteiger partial charge in [0.05, 0.1) is 0 Å². The predicted molar refractivity (Wildman–Crippen MR) is 90.5 cm³/mol. The van der Waals surface area contributed by atoms with Gasteiger partial charge in [-0.25, -0.2) is 0 Å². The summed E-state index contributed by atoms with van der Waals surface area (Å²) in [5.41, 5.74) is 5.81. The molecule has 1 unspecified atom stereocenters. The zero-order valence-electron chi connectivity index (χ0n) is 13.6. The first-order chi connectivity index (χ1) is 12.1. The Balaban J connectivity index is 1.52. The van der Waals surface area contributed by atoms with Gasteiger partial charge >= 0.3 is 0 Å². The Morgan fingerprint density at radius 1 is 1.32 bits per heavy atom. The van der Waals surface area contributed by atoms with Crippen LogP contribution < -0.4 is 11.1 Å². The molecule has 2 aromatic rings. The molecule has 2 amide bonds. The normalized spacial score (nSPS) is 24.6. The summed E-state index contributed by atoms with van der Waals surface area (Å²) < 4.78 is 5.54. The van der Waals surface area contributed by atoms with E-state index in [0.717, 1.165) is 32.5 Å². The summed E-state index contributed by atoms with van der Waals surface area (Å²) in [4.78, 5) is 29.8. The molecule has 1 atom stereocenters. The average molecular weight is 338 g/mol. The molecule has 7 heteroatoms. The molecule has 2 bridgehead atoms. The molecule has 0 aromatic carbocycles. The van der Waals surface area contributed by atoms with E-state index in [2.05, 4.69) is 27.0 Å². The maximum Gasteiger partial charge on any atom is 0.293 e. The molecule has 128 valence electrons. The summed E-state index contributed by atoms with van der Waals surface area (Å²) in [6, 6.07) is 3.44. The van der Waals surface area contributed by atoms with Crippen molar-refractivity contribution in [2.75, 3.05) is 19.6 Å². The second kappa shape index (κ2) is 6.22. The molecule has 5 heterocycles. The minimum atomic E-state index is -0.726. The molecule has 0 saturated carbocycles. The minimum absolute atomic E-state index is 0.182. The maximum absolute atomic E-state index is 12.5. The van der Waals surface area contributed by atoms with E-state index in [9.17, 15) is 9.59 Å². The largest absolute Gasteiger partial charge is 0.448 e. The topological polar surface area (TPSA) is 101 Å². The summed E-state index contributed by atoms with van der Waals surface area (Å²) in [5, 5.41) is 3.82. The van der Waals surface area contributed by atoms with Gasteiger partial charge < -0.3 is 20.4 Å². The van der Waals surface area contributed by atoms with Crippen LogP contribution in [0.1, 0.15) is 29.1 Å². The summed E-state index contributed by atoms with van der Waals surface area (Å²) in [7, 11) is 0. The van der Waals surface area contributed by atoms with Gasteiger partial charge in [0.1, 0.15) is 11.3 Å². The number of nitrogens with one attached hydrogen (secondary N) is 1. The number of fused-ring (bicyclic) bond motifs is 4. The third kappa shape index (κ3) is 3.21. The van der Waals surface area contributed by atoms with Crippen molar-refractivity contribution < 1.29 is 14.0 Å². The molecule has 0 aliphatic carbocycles. The van der Waals surface area contributed by atoms with Crippen LogP contribution in [0.25, 0.3) is 11.0 Å². The standard InChI is InChI=1S/C18H18N4O3/c19-17(23)2-1-13-7-12-9-20-14(8-16(12)25-13)18(24)21-15-10-22-5-3-11(15)4-6-22/h7-9,11,15H,3-6,10H2,(H2,19,23)(H,21,24). The van der Waals surface area contributed by atoms with Crippen LogP contribution in [0.5, 0.6) is 0 Å². The summed E-state index contributed by atoms with van der Waals surface area (Å²) in [6.45, 7) is 3.16. The minimum Gasteiger partial charge on any atom is -0.448 e. The highest BCUT2D eigenvalue weighted by Gasteiger charge is 2.35. The number of amides is 2. The van der Waals surface area contributed by atoms with Gasteiger partial charge in [0.2, 0.25) is 0 Å². The molecular weight excluding hydrogens is 320 g/mol. The lowest BCUT2D eigenvalue weighted by molar-refractivity contribution is -0.112. The number of furan rings is 1. The Morgan fingerprint density at radius 2 is 2.12 bits per heavy atom. The van der Waals surface area contributed by atoms with Crippen LogP contribution in [0.4, 0.5) is 0 Å². The van der Waals surface area contributed by atoms with E-state index >= 15 is 0 Å². The van der Waals surface area contributed by atoms with E-state index in [1.54, 1.807) is 18.3 Å². The summed E-state index contributed by atoms with van der Waals surface area (Å²) >= 11 is 0. The Kier molecular flexibility index (Phi) is 3.90. The molecule has 7 nitrogen and oxygen atoms in total. The first-order valence-electron chi connectivity index (χ1n) is 8.33. The van der Waals surface area contributed by atoms with Gasteiger partial charge in [-0.15, -0.1) is 0 Å². The number of nitrogens with two attached hydrogens (primary N) is 1. The number of pyridine rings is 1. The molecule has 3 aliphatic rings. The summed E-state index contributed by atoms with van der Waals surface area (Å²) in [6.07, 6.45) is 3.84. The van der Waals surface area contributed by atoms with Crippen molar-refractivity contribution in [1.82, 2.24) is 15.2 Å². The van der Waals surface area contributed by atoms with Crippen molar-refractivity contribution in [2.24, 2.45) is 11.7 Å². The van der Waals surface area contributed by atoms with Crippen molar-refractivity contribution >= 4 is 22.8 Å². The Morgan fingerprint density at radius 3 is 2.80 bits per heavy atom. The van der Waals surface area contributed by atoms with Crippen LogP contribution in [0.2, 0.25) is 0 Å². The molecular formula is C18H18N4O3. The van der Waals surface area contributed by atoms with E-state index in [1.807, 2.05) is 0 Å². The number of hydrogen-bond donors (Lipinski definition) is 2. The molecule has 5 rings (SSSR count). The Bertz CT molecular complexity index is 900. The van der Waals surface area contributed by atoms with Crippen LogP contribution >= 0.6 is 0 Å². The van der Waals surface area contributed by atoms with Gasteiger partial charge in [-0.2, -0.15) is 0 Å². The number of hydrogen-bond acceptors (Lipinski definition) is 5. The third-order valence-electron chi connectivity index (χ3n) is 4.92. The Labute approximate surface area is 144 Å². The van der Waals surface area contributed by atoms with Gasteiger partial charge in [0.15, 0.2) is 5.76 Å². The predicted octanol–water partition coefficient (Wildman–Crippen LogP) is 0.489. The van der Waals surface area contributed by atoms with Gasteiger partial charge in [-0.05, 0) is 37.8 Å². The second-order valence-electron chi connectivity index (χ2n) is 6.55. The van der Waals surface area contributed by atoms with Crippen LogP contribution in [0, 0.1) is 17.8 Å². The number of nitrogens with zero attached hydrogens (tertiary/aromatic N) is 2. The zero-order valence-corrected chi connectivity index (χ0v) is 13.6. The fourth-order valence-corrected chi connectivity index (χ4v) is 3.61. The molecule has 3 saturated heterocycles. The number of rotatable bonds is 2. The molecule has 0 spiro atoms. The summed E-state index contributed by atoms with van der Waals surface area (Å²) in [5.74, 6) is 4.71. The van der Waals surface area contributed by atoms with E-state index in [4.69, 9.17) is 10.2 Å². The second-order valence-corrected chi connectivity index (χ2v) is 6.55. The van der Waals surface area contributed by atoms with Crippen LogP contribution in [-0.4, -0.2) is 47.4 Å². The maximum atomic E-state index is 12.5. The van der Waals surface area contributed by atoms with Crippen molar-refractivity contribution in [3.8, 4) is 11.8 Å². The molecule has 3 fully saturated rings. The molecule has 0 radical (unpaired) electrons. The highest BCUT2D eigenvalue weighted by atomic mass is 16.3. The first kappa shape index (κ1) is 15.7. The van der Waals surface area contributed by atoms with Gasteiger partial charge in [0.25, 0.3) is 11.8 Å². The highest BCUT2D eigenvalue weighted by molar-refractivity contribution is 5.96. The SMILES string of the molecule is NC(=O)C#Cc1cc2cnc(C(=O)NC3CN4CCC3CC4)cc2o1. The number of primary amides is 1. The van der Waals surface area contributed by atoms with Crippen LogP contribution in [0.15, 0.2) is 22.7 Å². The first-order valence-corrected chi connectivity index (χ1v) is 8.33. The Hall–Kier alpha value is -2.85. The number of carbonyl (C=O) groups is 2. The fourth-order valence-electron chi connectivity index (χ4n) is 3.61. The van der Waals surface area contributed by atoms with Crippen molar-refractivity contribution in [2.45, 2.75) is 18.9 Å². The lowest BCUT2D eigenvalue weighted by Gasteiger charge is -2.44. The number of aromatic nitrogens is 1. The smallest absolute Gasteiger partial charge is 0.293 e. The lowest BCUT2D eigenvalue weighted by atomic mass is 9.84. The quantitative estimate of drug-likeness (QED) is 0.776. The van der Waals surface area contributed by atoms with Crippen LogP contribution in [0.3, 0.4) is 0 Å². The van der Waals surface area contributed by atoms with E-state index in [0.29, 0.717) is 28.3 Å². The molecule has 3 N–H and O–H groups in total. The van der Waals surface area contributed by atoms with E-state index < -0.39 is 5.91 Å².